The van der Waals surface area contributed by atoms with Gasteiger partial charge in [0, 0.05) is 28.4 Å². The number of halogens is 2. The lowest BCUT2D eigenvalue weighted by atomic mass is 9.88. The van der Waals surface area contributed by atoms with Gasteiger partial charge in [0.1, 0.15) is 0 Å². The molecule has 0 fully saturated rings. The third-order valence-corrected chi connectivity index (χ3v) is 5.91. The Labute approximate surface area is 162 Å². The molecule has 0 atom stereocenters. The maximum atomic E-state index is 13.2. The molecule has 0 bridgehead atoms. The lowest BCUT2D eigenvalue weighted by molar-refractivity contribution is 0.0730. The number of nitrogens with zero attached hydrogens (tertiary/aromatic N) is 5. The van der Waals surface area contributed by atoms with Gasteiger partial charge in [-0.2, -0.15) is 23.7 Å². The third-order valence-electron chi connectivity index (χ3n) is 5.91. The van der Waals surface area contributed by atoms with Crippen LogP contribution in [0.5, 0.6) is 0 Å². The molecule has 0 spiro atoms. The van der Waals surface area contributed by atoms with E-state index in [2.05, 4.69) is 77.8 Å². The Hall–Kier alpha value is -2.80. The number of hydrogen-bond acceptors (Lipinski definition) is 5. The summed E-state index contributed by atoms with van der Waals surface area (Å²) in [6.45, 7) is 8.87. The van der Waals surface area contributed by atoms with E-state index in [0.29, 0.717) is 5.56 Å². The van der Waals surface area contributed by atoms with Crippen molar-refractivity contribution < 1.29 is 8.78 Å². The zero-order chi connectivity index (χ0) is 20.3. The zero-order valence-corrected chi connectivity index (χ0v) is 16.5. The van der Waals surface area contributed by atoms with Crippen molar-refractivity contribution in [3.63, 3.8) is 0 Å². The maximum Gasteiger partial charge on any atom is 0.314 e. The van der Waals surface area contributed by atoms with E-state index in [1.54, 1.807) is 12.1 Å². The van der Waals surface area contributed by atoms with E-state index in [9.17, 15) is 8.78 Å². The van der Waals surface area contributed by atoms with Crippen LogP contribution in [0.4, 0.5) is 8.78 Å². The molecule has 3 heterocycles. The highest BCUT2D eigenvalue weighted by Gasteiger charge is 2.46. The first-order chi connectivity index (χ1) is 13.1. The normalized spacial score (nSPS) is 17.5. The van der Waals surface area contributed by atoms with E-state index in [1.807, 2.05) is 0 Å². The predicted octanol–water partition coefficient (Wildman–Crippen LogP) is 4.29. The molecule has 0 amide bonds. The molecule has 0 unspecified atom stereocenters. The van der Waals surface area contributed by atoms with Crippen LogP contribution in [0.15, 0.2) is 36.5 Å². The average molecular weight is 381 g/mol. The van der Waals surface area contributed by atoms with Crippen molar-refractivity contribution in [2.45, 2.75) is 38.8 Å². The van der Waals surface area contributed by atoms with Gasteiger partial charge in [0.05, 0.1) is 5.69 Å². The van der Waals surface area contributed by atoms with Gasteiger partial charge >= 0.3 is 12.2 Å². The first-order valence-electron chi connectivity index (χ1n) is 9.03. The summed E-state index contributed by atoms with van der Waals surface area (Å²) in [5.74, 6) is -0.0810. The molecule has 1 aliphatic heterocycles. The Balaban J connectivity index is 1.73. The number of rotatable bonds is 2. The number of pyridine rings is 1. The predicted molar refractivity (Wildman–Crippen MR) is 102 cm³/mol. The molecular formula is C21H21F2N5. The quantitative estimate of drug-likeness (QED) is 0.663. The van der Waals surface area contributed by atoms with Gasteiger partial charge in [0.15, 0.2) is 5.82 Å². The maximum absolute atomic E-state index is 13.2. The Kier molecular flexibility index (Phi) is 4.04. The molecule has 4 rings (SSSR count). The van der Waals surface area contributed by atoms with Crippen molar-refractivity contribution in [3.05, 3.63) is 59.8 Å². The highest BCUT2D eigenvalue weighted by atomic mass is 19.1. The Morgan fingerprint density at radius 3 is 2.00 bits per heavy atom. The van der Waals surface area contributed by atoms with Gasteiger partial charge in [-0.1, -0.05) is 12.1 Å². The van der Waals surface area contributed by atoms with E-state index in [0.717, 1.165) is 11.3 Å². The number of fused-ring (bicyclic) bond motifs is 1. The summed E-state index contributed by atoms with van der Waals surface area (Å²) in [4.78, 5) is 16.8. The lowest BCUT2D eigenvalue weighted by Crippen LogP contribution is -2.42. The Morgan fingerprint density at radius 2 is 1.39 bits per heavy atom. The van der Waals surface area contributed by atoms with Crippen LogP contribution in [0.25, 0.3) is 22.6 Å². The zero-order valence-electron chi connectivity index (χ0n) is 16.5. The minimum atomic E-state index is -1.15. The van der Waals surface area contributed by atoms with Gasteiger partial charge in [0.25, 0.3) is 0 Å². The van der Waals surface area contributed by atoms with E-state index < -0.39 is 12.2 Å². The van der Waals surface area contributed by atoms with Crippen LogP contribution in [0.3, 0.4) is 0 Å². The molecule has 7 heteroatoms. The second-order valence-electron chi connectivity index (χ2n) is 8.07. The van der Waals surface area contributed by atoms with Crippen LogP contribution in [0, 0.1) is 12.2 Å². The Morgan fingerprint density at radius 1 is 0.786 bits per heavy atom. The lowest BCUT2D eigenvalue weighted by Gasteiger charge is -2.37. The summed E-state index contributed by atoms with van der Waals surface area (Å²) in [5, 5.41) is 0. The van der Waals surface area contributed by atoms with Gasteiger partial charge in [-0.3, -0.25) is 9.88 Å². The highest BCUT2D eigenvalue weighted by Crippen LogP contribution is 2.48. The second kappa shape index (κ2) is 6.10. The summed E-state index contributed by atoms with van der Waals surface area (Å²) in [6.07, 6.45) is -0.795. The van der Waals surface area contributed by atoms with E-state index in [-0.39, 0.29) is 16.9 Å². The molecule has 0 saturated carbocycles. The molecule has 0 radical (unpaired) electrons. The average Bonchev–Trinajstić information content (AvgIpc) is 2.78. The van der Waals surface area contributed by atoms with Gasteiger partial charge < -0.3 is 0 Å². The Bertz CT molecular complexity index is 1040. The van der Waals surface area contributed by atoms with Crippen molar-refractivity contribution in [1.29, 1.82) is 0 Å². The minimum absolute atomic E-state index is 0.0541. The van der Waals surface area contributed by atoms with Crippen LogP contribution in [-0.2, 0) is 11.1 Å². The molecule has 0 N–H and O–H groups in total. The molecule has 1 aromatic carbocycles. The molecule has 2 aromatic heterocycles. The van der Waals surface area contributed by atoms with E-state index in [1.165, 1.54) is 17.3 Å². The molecule has 5 nitrogen and oxygen atoms in total. The van der Waals surface area contributed by atoms with Crippen LogP contribution < -0.4 is 0 Å². The number of benzene rings is 1. The van der Waals surface area contributed by atoms with E-state index >= 15 is 0 Å². The fourth-order valence-corrected chi connectivity index (χ4v) is 3.96. The summed E-state index contributed by atoms with van der Waals surface area (Å²) in [5.41, 5.74) is 4.59. The fourth-order valence-electron chi connectivity index (χ4n) is 3.96. The smallest absolute Gasteiger partial charge is 0.288 e. The van der Waals surface area contributed by atoms with Crippen molar-refractivity contribution >= 4 is 0 Å². The van der Waals surface area contributed by atoms with Gasteiger partial charge in [-0.05, 0) is 64.1 Å². The van der Waals surface area contributed by atoms with Crippen molar-refractivity contribution in [3.8, 4) is 22.6 Å². The van der Waals surface area contributed by atoms with Crippen molar-refractivity contribution in [2.24, 2.45) is 0 Å². The number of aromatic nitrogens is 4. The molecular weight excluding hydrogens is 360 g/mol. The van der Waals surface area contributed by atoms with Crippen LogP contribution >= 0.6 is 0 Å². The summed E-state index contributed by atoms with van der Waals surface area (Å²) in [7, 11) is 2.14. The molecule has 1 aliphatic rings. The monoisotopic (exact) mass is 381 g/mol. The first kappa shape index (κ1) is 18.6. The third kappa shape index (κ3) is 2.77. The molecule has 28 heavy (non-hydrogen) atoms. The van der Waals surface area contributed by atoms with Crippen molar-refractivity contribution in [2.75, 3.05) is 7.05 Å². The van der Waals surface area contributed by atoms with Crippen LogP contribution in [0.1, 0.15) is 38.8 Å². The van der Waals surface area contributed by atoms with Gasteiger partial charge in [-0.25, -0.2) is 0 Å². The second-order valence-corrected chi connectivity index (χ2v) is 8.07. The van der Waals surface area contributed by atoms with Gasteiger partial charge in [0.2, 0.25) is 0 Å². The fraction of sp³-hybridized carbons (Fsp3) is 0.333. The largest absolute Gasteiger partial charge is 0.314 e. The number of hydrogen-bond donors (Lipinski definition) is 0. The van der Waals surface area contributed by atoms with Gasteiger partial charge in [-0.15, -0.1) is 0 Å². The molecule has 0 saturated heterocycles. The van der Waals surface area contributed by atoms with Crippen LogP contribution in [0.2, 0.25) is 0 Å². The van der Waals surface area contributed by atoms with Crippen LogP contribution in [-0.4, -0.2) is 31.9 Å². The summed E-state index contributed by atoms with van der Waals surface area (Å²) < 4.78 is 26.5. The molecule has 0 aliphatic carbocycles. The minimum Gasteiger partial charge on any atom is -0.288 e. The molecule has 144 valence electrons. The SMILES string of the molecule is CN1C(C)(C)c2ccc(-c3ccc(-c4nc(F)nc(F)n4)cn3)cc2C1(C)C. The first-order valence-corrected chi connectivity index (χ1v) is 9.03. The topological polar surface area (TPSA) is 54.8 Å². The summed E-state index contributed by atoms with van der Waals surface area (Å²) >= 11 is 0. The van der Waals surface area contributed by atoms with Crippen molar-refractivity contribution in [1.82, 2.24) is 24.8 Å². The van der Waals surface area contributed by atoms with E-state index in [4.69, 9.17) is 0 Å². The standard InChI is InChI=1S/C21H21F2N5/c1-20(2)14-8-6-12(10-15(14)21(3,4)28(20)5)16-9-7-13(11-24-16)17-25-18(22)27-19(23)26-17/h6-11H,1-5H3. The summed E-state index contributed by atoms with van der Waals surface area (Å²) in [6, 6.07) is 9.88. The molecule has 3 aromatic rings. The highest BCUT2D eigenvalue weighted by molar-refractivity contribution is 5.65.